The molecule has 0 bridgehead atoms. The molecule has 1 N–H and O–H groups in total. The molecule has 0 saturated heterocycles. The number of hydrogen-bond donors (Lipinski definition) is 1. The van der Waals surface area contributed by atoms with Crippen molar-refractivity contribution in [1.29, 1.82) is 0 Å². The smallest absolute Gasteiger partial charge is 0.243 e. The summed E-state index contributed by atoms with van der Waals surface area (Å²) in [5.74, 6) is -2.79. The number of carbonyl (C=O) groups is 1. The number of amides is 1. The number of hydrogen-bond acceptors (Lipinski definition) is 3. The van der Waals surface area contributed by atoms with Crippen molar-refractivity contribution in [1.82, 2.24) is 5.32 Å². The van der Waals surface area contributed by atoms with E-state index >= 15 is 0 Å². The predicted molar refractivity (Wildman–Crippen MR) is 101 cm³/mol. The third kappa shape index (κ3) is 5.75. The molecule has 1 amide bonds. The topological polar surface area (TPSA) is 66.5 Å². The van der Waals surface area contributed by atoms with Crippen molar-refractivity contribution in [2.45, 2.75) is 25.8 Å². The highest BCUT2D eigenvalue weighted by Gasteiger charge is 2.29. The van der Waals surface area contributed by atoms with Crippen molar-refractivity contribution >= 4 is 21.6 Å². The Labute approximate surface area is 158 Å². The highest BCUT2D eigenvalue weighted by molar-refractivity contribution is 7.92. The first-order chi connectivity index (χ1) is 12.7. The summed E-state index contributed by atoms with van der Waals surface area (Å²) < 4.78 is 51.7. The molecule has 0 radical (unpaired) electrons. The van der Waals surface area contributed by atoms with Gasteiger partial charge in [-0.3, -0.25) is 9.10 Å². The van der Waals surface area contributed by atoms with Gasteiger partial charge in [-0.1, -0.05) is 30.3 Å². The standard InChI is InChI=1S/C19H22F2N2O3S/c1-14(19(24)22-12-6-9-15-7-4-3-5-8-15)23(27(2,25)26)16-10-11-17(20)18(21)13-16/h3-5,7-8,10-11,13-14H,6,9,12H2,1-2H3,(H,22,24)/t14-/m1/s1. The Hall–Kier alpha value is -2.48. The molecule has 2 aromatic rings. The lowest BCUT2D eigenvalue weighted by atomic mass is 10.1. The van der Waals surface area contributed by atoms with E-state index in [2.05, 4.69) is 5.32 Å². The van der Waals surface area contributed by atoms with Crippen LogP contribution in [0.1, 0.15) is 18.9 Å². The van der Waals surface area contributed by atoms with Crippen molar-refractivity contribution in [2.24, 2.45) is 0 Å². The zero-order valence-corrected chi connectivity index (χ0v) is 16.0. The van der Waals surface area contributed by atoms with Gasteiger partial charge in [-0.15, -0.1) is 0 Å². The summed E-state index contributed by atoms with van der Waals surface area (Å²) in [6.07, 6.45) is 2.37. The quantitative estimate of drug-likeness (QED) is 0.698. The van der Waals surface area contributed by atoms with E-state index in [0.717, 1.165) is 40.7 Å². The van der Waals surface area contributed by atoms with Gasteiger partial charge in [0.25, 0.3) is 0 Å². The molecule has 5 nitrogen and oxygen atoms in total. The van der Waals surface area contributed by atoms with E-state index in [1.54, 1.807) is 0 Å². The minimum absolute atomic E-state index is 0.108. The van der Waals surface area contributed by atoms with E-state index in [9.17, 15) is 22.0 Å². The number of rotatable bonds is 8. The van der Waals surface area contributed by atoms with Crippen LogP contribution in [0.15, 0.2) is 48.5 Å². The maximum atomic E-state index is 13.5. The molecule has 0 aliphatic heterocycles. The molecule has 0 aliphatic rings. The Morgan fingerprint density at radius 2 is 1.78 bits per heavy atom. The largest absolute Gasteiger partial charge is 0.354 e. The molecule has 8 heteroatoms. The van der Waals surface area contributed by atoms with Crippen molar-refractivity contribution in [3.63, 3.8) is 0 Å². The Bertz CT molecular complexity index is 889. The molecule has 0 heterocycles. The minimum atomic E-state index is -3.88. The summed E-state index contributed by atoms with van der Waals surface area (Å²) >= 11 is 0. The van der Waals surface area contributed by atoms with Crippen LogP contribution in [-0.4, -0.2) is 33.2 Å². The first-order valence-corrected chi connectivity index (χ1v) is 10.3. The molecule has 0 aliphatic carbocycles. The van der Waals surface area contributed by atoms with Crippen molar-refractivity contribution < 1.29 is 22.0 Å². The van der Waals surface area contributed by atoms with Gasteiger partial charge in [0.1, 0.15) is 6.04 Å². The highest BCUT2D eigenvalue weighted by Crippen LogP contribution is 2.23. The molecule has 1 atom stereocenters. The molecule has 146 valence electrons. The van der Waals surface area contributed by atoms with Crippen LogP contribution < -0.4 is 9.62 Å². The average molecular weight is 396 g/mol. The normalized spacial score (nSPS) is 12.4. The van der Waals surface area contributed by atoms with E-state index in [0.29, 0.717) is 13.0 Å². The van der Waals surface area contributed by atoms with Crippen LogP contribution in [0.3, 0.4) is 0 Å². The van der Waals surface area contributed by atoms with Crippen LogP contribution in [0, 0.1) is 11.6 Å². The number of sulfonamides is 1. The lowest BCUT2D eigenvalue weighted by Gasteiger charge is -2.28. The molecule has 27 heavy (non-hydrogen) atoms. The number of nitrogens with zero attached hydrogens (tertiary/aromatic N) is 1. The summed E-state index contributed by atoms with van der Waals surface area (Å²) in [5, 5.41) is 2.69. The molecular formula is C19H22F2N2O3S. The van der Waals surface area contributed by atoms with Crippen LogP contribution in [-0.2, 0) is 21.2 Å². The average Bonchev–Trinajstić information content (AvgIpc) is 2.61. The van der Waals surface area contributed by atoms with Crippen LogP contribution in [0.5, 0.6) is 0 Å². The molecule has 0 spiro atoms. The lowest BCUT2D eigenvalue weighted by molar-refractivity contribution is -0.121. The Balaban J connectivity index is 2.03. The summed E-state index contributed by atoms with van der Waals surface area (Å²) in [7, 11) is -3.88. The number of aryl methyl sites for hydroxylation is 1. The van der Waals surface area contributed by atoms with E-state index < -0.39 is 33.6 Å². The number of halogens is 2. The predicted octanol–water partition coefficient (Wildman–Crippen LogP) is 2.87. The van der Waals surface area contributed by atoms with Gasteiger partial charge in [0.15, 0.2) is 11.6 Å². The fourth-order valence-corrected chi connectivity index (χ4v) is 3.89. The molecule has 0 unspecified atom stereocenters. The Morgan fingerprint density at radius 3 is 2.37 bits per heavy atom. The number of anilines is 1. The molecule has 0 saturated carbocycles. The van der Waals surface area contributed by atoms with Crippen LogP contribution in [0.2, 0.25) is 0 Å². The van der Waals surface area contributed by atoms with Crippen molar-refractivity contribution in [3.05, 3.63) is 65.7 Å². The Kier molecular flexibility index (Phi) is 6.90. The fraction of sp³-hybridized carbons (Fsp3) is 0.316. The maximum absolute atomic E-state index is 13.5. The maximum Gasteiger partial charge on any atom is 0.243 e. The zero-order valence-electron chi connectivity index (χ0n) is 15.2. The van der Waals surface area contributed by atoms with Crippen LogP contribution >= 0.6 is 0 Å². The van der Waals surface area contributed by atoms with Gasteiger partial charge in [-0.2, -0.15) is 0 Å². The monoisotopic (exact) mass is 396 g/mol. The first-order valence-electron chi connectivity index (χ1n) is 8.46. The van der Waals surface area contributed by atoms with E-state index in [1.807, 2.05) is 30.3 Å². The summed E-state index contributed by atoms with van der Waals surface area (Å²) in [4.78, 5) is 12.4. The number of nitrogens with one attached hydrogen (secondary N) is 1. The molecule has 2 rings (SSSR count). The number of carbonyl (C=O) groups excluding carboxylic acids is 1. The van der Waals surface area contributed by atoms with Crippen LogP contribution in [0.25, 0.3) is 0 Å². The van der Waals surface area contributed by atoms with Gasteiger partial charge >= 0.3 is 0 Å². The lowest BCUT2D eigenvalue weighted by Crippen LogP contribution is -2.48. The summed E-state index contributed by atoms with van der Waals surface area (Å²) in [6.45, 7) is 1.77. The number of benzene rings is 2. The molecule has 2 aromatic carbocycles. The third-order valence-corrected chi connectivity index (χ3v) is 5.27. The third-order valence-electron chi connectivity index (χ3n) is 4.03. The van der Waals surface area contributed by atoms with Crippen molar-refractivity contribution in [2.75, 3.05) is 17.1 Å². The zero-order chi connectivity index (χ0) is 20.0. The minimum Gasteiger partial charge on any atom is -0.354 e. The van der Waals surface area contributed by atoms with Gasteiger partial charge in [0.05, 0.1) is 11.9 Å². The first kappa shape index (κ1) is 20.8. The SMILES string of the molecule is C[C@H](C(=O)NCCCc1ccccc1)N(c1ccc(F)c(F)c1)S(C)(=O)=O. The van der Waals surface area contributed by atoms with Gasteiger partial charge in [-0.05, 0) is 37.5 Å². The van der Waals surface area contributed by atoms with Crippen molar-refractivity contribution in [3.8, 4) is 0 Å². The van der Waals surface area contributed by atoms with Crippen LogP contribution in [0.4, 0.5) is 14.5 Å². The van der Waals surface area contributed by atoms with E-state index in [4.69, 9.17) is 0 Å². The van der Waals surface area contributed by atoms with Gasteiger partial charge in [-0.25, -0.2) is 17.2 Å². The van der Waals surface area contributed by atoms with Gasteiger partial charge < -0.3 is 5.32 Å². The molecule has 0 aromatic heterocycles. The molecular weight excluding hydrogens is 374 g/mol. The second-order valence-corrected chi connectivity index (χ2v) is 8.07. The van der Waals surface area contributed by atoms with E-state index in [1.165, 1.54) is 6.92 Å². The fourth-order valence-electron chi connectivity index (χ4n) is 2.73. The summed E-state index contributed by atoms with van der Waals surface area (Å²) in [6, 6.07) is 11.4. The highest BCUT2D eigenvalue weighted by atomic mass is 32.2. The second-order valence-electron chi connectivity index (χ2n) is 6.21. The van der Waals surface area contributed by atoms with Gasteiger partial charge in [0.2, 0.25) is 15.9 Å². The van der Waals surface area contributed by atoms with E-state index in [-0.39, 0.29) is 5.69 Å². The second kappa shape index (κ2) is 8.94. The summed E-state index contributed by atoms with van der Waals surface area (Å²) in [5.41, 5.74) is 1.03. The molecule has 0 fully saturated rings. The Morgan fingerprint density at radius 1 is 1.11 bits per heavy atom. The van der Waals surface area contributed by atoms with Gasteiger partial charge in [0, 0.05) is 12.6 Å².